The third-order valence-electron chi connectivity index (χ3n) is 5.40. The van der Waals surface area contributed by atoms with Crippen molar-refractivity contribution in [2.45, 2.75) is 38.4 Å². The molecule has 6 nitrogen and oxygen atoms in total. The first-order chi connectivity index (χ1) is 11.7. The smallest absolute Gasteiger partial charge is 0.320 e. The molecule has 7 heteroatoms. The van der Waals surface area contributed by atoms with Gasteiger partial charge in [0.2, 0.25) is 0 Å². The molecule has 4 rings (SSSR count). The van der Waals surface area contributed by atoms with Gasteiger partial charge in [0.15, 0.2) is 0 Å². The highest BCUT2D eigenvalue weighted by atomic mass is 32.1. The summed E-state index contributed by atoms with van der Waals surface area (Å²) < 4.78 is 11.9. The average molecular weight is 351 g/mol. The number of carbonyl (C=O) groups is 1. The molecule has 0 radical (unpaired) electrons. The van der Waals surface area contributed by atoms with Gasteiger partial charge in [0.05, 0.1) is 37.0 Å². The number of nitrogens with zero attached hydrogens (tertiary/aromatic N) is 3. The fourth-order valence-electron chi connectivity index (χ4n) is 3.99. The highest BCUT2D eigenvalue weighted by Gasteiger charge is 2.55. The van der Waals surface area contributed by atoms with Gasteiger partial charge in [-0.3, -0.25) is 0 Å². The Bertz CT molecular complexity index is 594. The number of thiazole rings is 1. The van der Waals surface area contributed by atoms with Crippen LogP contribution in [0.3, 0.4) is 0 Å². The Labute approximate surface area is 146 Å². The lowest BCUT2D eigenvalue weighted by molar-refractivity contribution is -0.129. The number of hydrogen-bond acceptors (Lipinski definition) is 5. The van der Waals surface area contributed by atoms with E-state index in [4.69, 9.17) is 9.47 Å². The number of urea groups is 1. The second-order valence-corrected chi connectivity index (χ2v) is 8.17. The highest BCUT2D eigenvalue weighted by Crippen LogP contribution is 2.40. The van der Waals surface area contributed by atoms with Gasteiger partial charge in [0.1, 0.15) is 5.60 Å². The van der Waals surface area contributed by atoms with Crippen molar-refractivity contribution in [2.75, 3.05) is 39.4 Å². The van der Waals surface area contributed by atoms with Gasteiger partial charge in [-0.15, -0.1) is 11.3 Å². The predicted octanol–water partition coefficient (Wildman–Crippen LogP) is 2.27. The van der Waals surface area contributed by atoms with E-state index in [0.29, 0.717) is 32.2 Å². The number of likely N-dealkylation sites (tertiary alicyclic amines) is 2. The maximum Gasteiger partial charge on any atom is 0.320 e. The van der Waals surface area contributed by atoms with Crippen LogP contribution < -0.4 is 0 Å². The molecule has 1 aromatic heterocycles. The van der Waals surface area contributed by atoms with Crippen LogP contribution >= 0.6 is 11.3 Å². The van der Waals surface area contributed by atoms with Crippen molar-refractivity contribution in [3.05, 3.63) is 16.1 Å². The maximum absolute atomic E-state index is 12.4. The molecule has 0 unspecified atom stereocenters. The van der Waals surface area contributed by atoms with E-state index in [-0.39, 0.29) is 11.6 Å². The maximum atomic E-state index is 12.4. The van der Waals surface area contributed by atoms with Gasteiger partial charge in [-0.2, -0.15) is 0 Å². The molecule has 0 bridgehead atoms. The Balaban J connectivity index is 1.27. The highest BCUT2D eigenvalue weighted by molar-refractivity contribution is 7.09. The van der Waals surface area contributed by atoms with E-state index in [9.17, 15) is 4.79 Å². The summed E-state index contributed by atoms with van der Waals surface area (Å²) in [5.74, 6) is 0.375. The summed E-state index contributed by atoms with van der Waals surface area (Å²) in [5, 5.41) is 3.13. The number of aromatic nitrogens is 1. The summed E-state index contributed by atoms with van der Waals surface area (Å²) in [5.41, 5.74) is 0.831. The standard InChI is InChI=1S/C17H25N3O3S/c1-13-18-15(10-24-13)9-22-8-14-4-7-23-17(14)11-20(12-17)16(21)19-5-2-3-6-19/h10,14H,2-9,11-12H2,1H3/t14-/m1/s1. The molecule has 1 aromatic rings. The predicted molar refractivity (Wildman–Crippen MR) is 91.1 cm³/mol. The number of amides is 2. The van der Waals surface area contributed by atoms with E-state index in [2.05, 4.69) is 10.4 Å². The minimum absolute atomic E-state index is 0.173. The van der Waals surface area contributed by atoms with E-state index in [1.54, 1.807) is 11.3 Å². The molecule has 3 aliphatic rings. The van der Waals surface area contributed by atoms with Crippen molar-refractivity contribution in [3.63, 3.8) is 0 Å². The number of ether oxygens (including phenoxy) is 2. The Kier molecular flexibility index (Phi) is 4.49. The van der Waals surface area contributed by atoms with Crippen LogP contribution in [0.5, 0.6) is 0 Å². The van der Waals surface area contributed by atoms with Crippen molar-refractivity contribution in [1.29, 1.82) is 0 Å². The van der Waals surface area contributed by atoms with E-state index < -0.39 is 0 Å². The third-order valence-corrected chi connectivity index (χ3v) is 6.22. The van der Waals surface area contributed by atoms with Crippen LogP contribution in [-0.2, 0) is 16.1 Å². The molecule has 1 atom stereocenters. The molecule has 3 fully saturated rings. The van der Waals surface area contributed by atoms with Crippen LogP contribution in [0.1, 0.15) is 30.0 Å². The summed E-state index contributed by atoms with van der Waals surface area (Å²) in [7, 11) is 0. The van der Waals surface area contributed by atoms with E-state index in [1.165, 1.54) is 0 Å². The fraction of sp³-hybridized carbons (Fsp3) is 0.765. The van der Waals surface area contributed by atoms with Gasteiger partial charge in [0, 0.05) is 31.0 Å². The molecule has 4 heterocycles. The largest absolute Gasteiger partial charge is 0.375 e. The molecule has 0 N–H and O–H groups in total. The Morgan fingerprint density at radius 2 is 2.21 bits per heavy atom. The summed E-state index contributed by atoms with van der Waals surface area (Å²) in [6, 6.07) is 0.186. The van der Waals surface area contributed by atoms with Crippen LogP contribution in [0, 0.1) is 12.8 Å². The van der Waals surface area contributed by atoms with Crippen molar-refractivity contribution in [1.82, 2.24) is 14.8 Å². The molecule has 0 aromatic carbocycles. The van der Waals surface area contributed by atoms with Crippen LogP contribution in [0.4, 0.5) is 4.79 Å². The van der Waals surface area contributed by atoms with Gasteiger partial charge in [-0.1, -0.05) is 0 Å². The van der Waals surface area contributed by atoms with Crippen LogP contribution in [0.15, 0.2) is 5.38 Å². The first-order valence-electron chi connectivity index (χ1n) is 8.83. The van der Waals surface area contributed by atoms with Crippen molar-refractivity contribution < 1.29 is 14.3 Å². The topological polar surface area (TPSA) is 54.9 Å². The molecule has 24 heavy (non-hydrogen) atoms. The number of rotatable bonds is 4. The van der Waals surface area contributed by atoms with Crippen molar-refractivity contribution >= 4 is 17.4 Å². The first kappa shape index (κ1) is 16.3. The summed E-state index contributed by atoms with van der Waals surface area (Å²) >= 11 is 1.65. The minimum atomic E-state index is -0.173. The average Bonchev–Trinajstić information content (AvgIpc) is 3.25. The number of carbonyl (C=O) groups excluding carboxylic acids is 1. The Morgan fingerprint density at radius 3 is 2.92 bits per heavy atom. The van der Waals surface area contributed by atoms with E-state index in [0.717, 1.165) is 49.7 Å². The monoisotopic (exact) mass is 351 g/mol. The van der Waals surface area contributed by atoms with Gasteiger partial charge < -0.3 is 19.3 Å². The van der Waals surface area contributed by atoms with Gasteiger partial charge >= 0.3 is 6.03 Å². The van der Waals surface area contributed by atoms with Crippen LogP contribution in [0.2, 0.25) is 0 Å². The van der Waals surface area contributed by atoms with Gasteiger partial charge in [-0.25, -0.2) is 9.78 Å². The molecule has 132 valence electrons. The second-order valence-electron chi connectivity index (χ2n) is 7.10. The number of aryl methyl sites for hydroxylation is 1. The summed E-state index contributed by atoms with van der Waals surface area (Å²) in [6.45, 7) is 7.27. The Hall–Kier alpha value is -1.18. The molecule has 0 aliphatic carbocycles. The second kappa shape index (κ2) is 6.61. The van der Waals surface area contributed by atoms with Crippen molar-refractivity contribution in [2.24, 2.45) is 5.92 Å². The first-order valence-corrected chi connectivity index (χ1v) is 9.71. The lowest BCUT2D eigenvalue weighted by Crippen LogP contribution is -2.68. The normalized spacial score (nSPS) is 25.5. The minimum Gasteiger partial charge on any atom is -0.375 e. The molecule has 2 amide bonds. The van der Waals surface area contributed by atoms with Crippen LogP contribution in [0.25, 0.3) is 0 Å². The van der Waals surface area contributed by atoms with E-state index >= 15 is 0 Å². The van der Waals surface area contributed by atoms with Gasteiger partial charge in [0.25, 0.3) is 0 Å². The lowest BCUT2D eigenvalue weighted by atomic mass is 9.81. The summed E-state index contributed by atoms with van der Waals surface area (Å²) in [6.07, 6.45) is 3.28. The summed E-state index contributed by atoms with van der Waals surface area (Å²) in [4.78, 5) is 20.8. The third kappa shape index (κ3) is 3.05. The Morgan fingerprint density at radius 1 is 1.42 bits per heavy atom. The molecule has 3 saturated heterocycles. The molecule has 1 spiro atoms. The zero-order chi connectivity index (χ0) is 16.6. The molecule has 3 aliphatic heterocycles. The van der Waals surface area contributed by atoms with E-state index in [1.807, 2.05) is 16.7 Å². The number of hydrogen-bond donors (Lipinski definition) is 0. The lowest BCUT2D eigenvalue weighted by Gasteiger charge is -2.50. The zero-order valence-electron chi connectivity index (χ0n) is 14.2. The SMILES string of the molecule is Cc1nc(COC[C@H]2CCOC23CN(C(=O)N2CCCC2)C3)cs1. The zero-order valence-corrected chi connectivity index (χ0v) is 15.0. The molecular formula is C17H25N3O3S. The quantitative estimate of drug-likeness (QED) is 0.835. The van der Waals surface area contributed by atoms with Crippen LogP contribution in [-0.4, -0.2) is 65.8 Å². The molecule has 0 saturated carbocycles. The van der Waals surface area contributed by atoms with Crippen molar-refractivity contribution in [3.8, 4) is 0 Å². The fourth-order valence-corrected chi connectivity index (χ4v) is 4.59. The molecular weight excluding hydrogens is 326 g/mol. The van der Waals surface area contributed by atoms with Gasteiger partial charge in [-0.05, 0) is 26.2 Å².